The van der Waals surface area contributed by atoms with Gasteiger partial charge in [-0.15, -0.1) is 0 Å². The Balaban J connectivity index is 1.27. The number of rotatable bonds is 3. The van der Waals surface area contributed by atoms with Gasteiger partial charge < -0.3 is 4.42 Å². The van der Waals surface area contributed by atoms with Crippen LogP contribution in [0.4, 0.5) is 0 Å². The van der Waals surface area contributed by atoms with Crippen LogP contribution in [0.3, 0.4) is 0 Å². The first-order valence-corrected chi connectivity index (χ1v) is 13.1. The summed E-state index contributed by atoms with van der Waals surface area (Å²) in [5, 5.41) is 5.50. The minimum absolute atomic E-state index is 0.711. The summed E-state index contributed by atoms with van der Waals surface area (Å²) in [4.78, 5) is 10.1. The normalized spacial score (nSPS) is 11.6. The van der Waals surface area contributed by atoms with E-state index in [1.165, 1.54) is 11.1 Å². The van der Waals surface area contributed by atoms with Gasteiger partial charge in [0, 0.05) is 32.7 Å². The Hall–Kier alpha value is -5.28. The lowest BCUT2D eigenvalue weighted by atomic mass is 10.0. The summed E-state index contributed by atoms with van der Waals surface area (Å²) in [6.07, 6.45) is 0. The Morgan fingerprint density at radius 3 is 1.97 bits per heavy atom. The standard InChI is InChI=1S/C36H22N2O/c1-2-8-23(9-3-1)24-14-16-25(17-15-24)34-31-11-4-6-12-32(31)37-36(38-34)27-19-20-28-26(22-27)18-21-30-29-10-5-7-13-33(29)39-35(28)30/h1-22H. The molecule has 3 heteroatoms. The van der Waals surface area contributed by atoms with Crippen molar-refractivity contribution in [2.24, 2.45) is 0 Å². The summed E-state index contributed by atoms with van der Waals surface area (Å²) in [6, 6.07) is 46.2. The molecule has 0 N–H and O–H groups in total. The molecule has 8 rings (SSSR count). The summed E-state index contributed by atoms with van der Waals surface area (Å²) in [5.41, 5.74) is 8.12. The molecule has 2 heterocycles. The van der Waals surface area contributed by atoms with Crippen molar-refractivity contribution in [1.82, 2.24) is 9.97 Å². The Kier molecular flexibility index (Phi) is 4.82. The van der Waals surface area contributed by atoms with Crippen molar-refractivity contribution >= 4 is 43.6 Å². The van der Waals surface area contributed by atoms with Gasteiger partial charge in [0.05, 0.1) is 11.2 Å². The van der Waals surface area contributed by atoms with E-state index in [2.05, 4.69) is 103 Å². The van der Waals surface area contributed by atoms with Crippen LogP contribution in [-0.4, -0.2) is 9.97 Å². The van der Waals surface area contributed by atoms with Gasteiger partial charge in [-0.3, -0.25) is 0 Å². The molecule has 0 saturated carbocycles. The van der Waals surface area contributed by atoms with E-state index in [0.717, 1.165) is 60.4 Å². The van der Waals surface area contributed by atoms with Crippen LogP contribution in [0, 0.1) is 0 Å². The van der Waals surface area contributed by atoms with Crippen LogP contribution in [0.15, 0.2) is 138 Å². The number of furan rings is 1. The lowest BCUT2D eigenvalue weighted by molar-refractivity contribution is 0.672. The molecule has 0 fully saturated rings. The average Bonchev–Trinajstić information content (AvgIpc) is 3.40. The van der Waals surface area contributed by atoms with Crippen molar-refractivity contribution in [1.29, 1.82) is 0 Å². The second kappa shape index (κ2) is 8.64. The number of fused-ring (bicyclic) bond motifs is 6. The molecule has 0 bridgehead atoms. The number of nitrogens with zero attached hydrogens (tertiary/aromatic N) is 2. The maximum Gasteiger partial charge on any atom is 0.160 e. The van der Waals surface area contributed by atoms with Crippen molar-refractivity contribution in [3.8, 4) is 33.8 Å². The predicted octanol–water partition coefficient (Wildman–Crippen LogP) is 9.68. The first kappa shape index (κ1) is 21.8. The van der Waals surface area contributed by atoms with E-state index in [9.17, 15) is 0 Å². The first-order valence-electron chi connectivity index (χ1n) is 13.1. The SMILES string of the molecule is c1ccc(-c2ccc(-c3nc(-c4ccc5c(ccc6c7ccccc7oc56)c4)nc4ccccc34)cc2)cc1. The summed E-state index contributed by atoms with van der Waals surface area (Å²) >= 11 is 0. The minimum Gasteiger partial charge on any atom is -0.455 e. The highest BCUT2D eigenvalue weighted by atomic mass is 16.3. The molecule has 8 aromatic rings. The lowest BCUT2D eigenvalue weighted by Crippen LogP contribution is -1.95. The highest BCUT2D eigenvalue weighted by Crippen LogP contribution is 2.36. The third kappa shape index (κ3) is 3.59. The van der Waals surface area contributed by atoms with Crippen LogP contribution in [0.5, 0.6) is 0 Å². The zero-order chi connectivity index (χ0) is 25.8. The Morgan fingerprint density at radius 2 is 1.10 bits per heavy atom. The molecule has 2 aromatic heterocycles. The van der Waals surface area contributed by atoms with Gasteiger partial charge in [-0.2, -0.15) is 0 Å². The van der Waals surface area contributed by atoms with Crippen LogP contribution in [0.2, 0.25) is 0 Å². The molecule has 0 aliphatic rings. The maximum atomic E-state index is 6.26. The van der Waals surface area contributed by atoms with Gasteiger partial charge in [0.2, 0.25) is 0 Å². The van der Waals surface area contributed by atoms with Crippen molar-refractivity contribution < 1.29 is 4.42 Å². The number of para-hydroxylation sites is 2. The smallest absolute Gasteiger partial charge is 0.160 e. The van der Waals surface area contributed by atoms with Crippen LogP contribution >= 0.6 is 0 Å². The molecule has 0 unspecified atom stereocenters. The van der Waals surface area contributed by atoms with E-state index in [4.69, 9.17) is 14.4 Å². The third-order valence-corrected chi connectivity index (χ3v) is 7.49. The van der Waals surface area contributed by atoms with Crippen molar-refractivity contribution in [3.63, 3.8) is 0 Å². The monoisotopic (exact) mass is 498 g/mol. The molecular weight excluding hydrogens is 476 g/mol. The quantitative estimate of drug-likeness (QED) is 0.243. The molecule has 0 aliphatic heterocycles. The minimum atomic E-state index is 0.711. The van der Waals surface area contributed by atoms with Gasteiger partial charge in [-0.1, -0.05) is 103 Å². The highest BCUT2D eigenvalue weighted by molar-refractivity contribution is 6.15. The summed E-state index contributed by atoms with van der Waals surface area (Å²) in [7, 11) is 0. The lowest BCUT2D eigenvalue weighted by Gasteiger charge is -2.11. The number of aromatic nitrogens is 2. The molecule has 182 valence electrons. The average molecular weight is 499 g/mol. The van der Waals surface area contributed by atoms with E-state index in [1.807, 2.05) is 30.3 Å². The molecular formula is C36H22N2O. The van der Waals surface area contributed by atoms with Crippen LogP contribution in [0.1, 0.15) is 0 Å². The van der Waals surface area contributed by atoms with Crippen molar-refractivity contribution in [2.75, 3.05) is 0 Å². The summed E-state index contributed by atoms with van der Waals surface area (Å²) in [6.45, 7) is 0. The Morgan fingerprint density at radius 1 is 0.436 bits per heavy atom. The molecule has 3 nitrogen and oxygen atoms in total. The van der Waals surface area contributed by atoms with Gasteiger partial charge in [0.15, 0.2) is 5.82 Å². The second-order valence-electron chi connectivity index (χ2n) is 9.83. The maximum absolute atomic E-state index is 6.26. The van der Waals surface area contributed by atoms with Gasteiger partial charge in [0.25, 0.3) is 0 Å². The fourth-order valence-electron chi connectivity index (χ4n) is 5.53. The topological polar surface area (TPSA) is 38.9 Å². The zero-order valence-electron chi connectivity index (χ0n) is 21.0. The van der Waals surface area contributed by atoms with Gasteiger partial charge in [0.1, 0.15) is 11.2 Å². The van der Waals surface area contributed by atoms with E-state index < -0.39 is 0 Å². The number of benzene rings is 6. The molecule has 0 saturated heterocycles. The van der Waals surface area contributed by atoms with E-state index in [0.29, 0.717) is 5.82 Å². The summed E-state index contributed by atoms with van der Waals surface area (Å²) in [5.74, 6) is 0.711. The molecule has 0 radical (unpaired) electrons. The Labute approximate surface area is 225 Å². The predicted molar refractivity (Wildman–Crippen MR) is 161 cm³/mol. The molecule has 0 atom stereocenters. The van der Waals surface area contributed by atoms with Gasteiger partial charge in [-0.05, 0) is 46.8 Å². The zero-order valence-corrected chi connectivity index (χ0v) is 21.0. The molecule has 39 heavy (non-hydrogen) atoms. The molecule has 0 amide bonds. The van der Waals surface area contributed by atoms with Crippen molar-refractivity contribution in [2.45, 2.75) is 0 Å². The first-order chi connectivity index (χ1) is 19.3. The van der Waals surface area contributed by atoms with Crippen LogP contribution in [-0.2, 0) is 0 Å². The fraction of sp³-hybridized carbons (Fsp3) is 0. The van der Waals surface area contributed by atoms with Crippen LogP contribution < -0.4 is 0 Å². The van der Waals surface area contributed by atoms with Crippen molar-refractivity contribution in [3.05, 3.63) is 133 Å². The largest absolute Gasteiger partial charge is 0.455 e. The summed E-state index contributed by atoms with van der Waals surface area (Å²) < 4.78 is 6.26. The van der Waals surface area contributed by atoms with Gasteiger partial charge >= 0.3 is 0 Å². The number of hydrogen-bond acceptors (Lipinski definition) is 3. The van der Waals surface area contributed by atoms with E-state index >= 15 is 0 Å². The fourth-order valence-corrected chi connectivity index (χ4v) is 5.53. The highest BCUT2D eigenvalue weighted by Gasteiger charge is 2.14. The third-order valence-electron chi connectivity index (χ3n) is 7.49. The van der Waals surface area contributed by atoms with Gasteiger partial charge in [-0.25, -0.2) is 9.97 Å². The molecule has 6 aromatic carbocycles. The van der Waals surface area contributed by atoms with E-state index in [1.54, 1.807) is 0 Å². The molecule has 0 aliphatic carbocycles. The molecule has 0 spiro atoms. The van der Waals surface area contributed by atoms with E-state index in [-0.39, 0.29) is 0 Å². The van der Waals surface area contributed by atoms with Crippen LogP contribution in [0.25, 0.3) is 77.4 Å². The Bertz CT molecular complexity index is 2160. The number of hydrogen-bond donors (Lipinski definition) is 0. The second-order valence-corrected chi connectivity index (χ2v) is 9.83.